The molecule has 0 atom stereocenters. The van der Waals surface area contributed by atoms with Crippen molar-refractivity contribution in [2.24, 2.45) is 0 Å². The van der Waals surface area contributed by atoms with Crippen molar-refractivity contribution in [2.75, 3.05) is 10.0 Å². The van der Waals surface area contributed by atoms with Crippen LogP contribution in [0.5, 0.6) is 0 Å². The number of rotatable bonds is 5. The van der Waals surface area contributed by atoms with E-state index >= 15 is 0 Å². The molecule has 0 spiro atoms. The molecule has 3 aromatic rings. The third-order valence-corrected chi connectivity index (χ3v) is 5.86. The van der Waals surface area contributed by atoms with Gasteiger partial charge in [-0.2, -0.15) is 0 Å². The summed E-state index contributed by atoms with van der Waals surface area (Å²) in [5, 5.41) is 11.4. The van der Waals surface area contributed by atoms with Gasteiger partial charge in [0.2, 0.25) is 11.0 Å². The Balaban J connectivity index is 1.80. The number of carbonyl (C=O) groups excluding carboxylic acids is 1. The molecular formula is C17H16N4O3S2. The summed E-state index contributed by atoms with van der Waals surface area (Å²) in [5.74, 6) is -0.226. The summed E-state index contributed by atoms with van der Waals surface area (Å²) in [6, 6.07) is 13.6. The highest BCUT2D eigenvalue weighted by atomic mass is 32.2. The van der Waals surface area contributed by atoms with Crippen molar-refractivity contribution in [3.63, 3.8) is 0 Å². The van der Waals surface area contributed by atoms with Crippen LogP contribution in [0.4, 0.5) is 10.8 Å². The number of nitrogens with zero attached hydrogens (tertiary/aromatic N) is 2. The van der Waals surface area contributed by atoms with E-state index in [-0.39, 0.29) is 15.9 Å². The van der Waals surface area contributed by atoms with E-state index in [0.29, 0.717) is 10.7 Å². The smallest absolute Gasteiger partial charge is 0.263 e. The van der Waals surface area contributed by atoms with E-state index in [1.54, 1.807) is 0 Å². The number of amides is 1. The first-order chi connectivity index (χ1) is 12.3. The number of aryl methyl sites for hydroxylation is 1. The number of carbonyl (C=O) groups is 1. The van der Waals surface area contributed by atoms with Gasteiger partial charge in [-0.05, 0) is 36.8 Å². The molecule has 1 amide bonds. The van der Waals surface area contributed by atoms with E-state index in [9.17, 15) is 13.2 Å². The summed E-state index contributed by atoms with van der Waals surface area (Å²) in [5.41, 5.74) is 2.47. The average Bonchev–Trinajstić information content (AvgIpc) is 3.02. The van der Waals surface area contributed by atoms with Crippen LogP contribution in [0.25, 0.3) is 10.6 Å². The number of nitrogens with one attached hydrogen (secondary N) is 2. The van der Waals surface area contributed by atoms with Crippen LogP contribution in [-0.4, -0.2) is 24.5 Å². The Morgan fingerprint density at radius 2 is 1.73 bits per heavy atom. The van der Waals surface area contributed by atoms with Gasteiger partial charge in [0.1, 0.15) is 5.01 Å². The molecule has 0 bridgehead atoms. The zero-order valence-corrected chi connectivity index (χ0v) is 15.7. The maximum Gasteiger partial charge on any atom is 0.263 e. The van der Waals surface area contributed by atoms with Crippen molar-refractivity contribution >= 4 is 38.1 Å². The van der Waals surface area contributed by atoms with E-state index in [0.717, 1.165) is 22.5 Å². The lowest BCUT2D eigenvalue weighted by molar-refractivity contribution is -0.114. The molecule has 134 valence electrons. The molecule has 0 aliphatic heterocycles. The second-order valence-corrected chi connectivity index (χ2v) is 8.20. The molecule has 2 N–H and O–H groups in total. The van der Waals surface area contributed by atoms with Crippen LogP contribution in [0.1, 0.15) is 12.5 Å². The lowest BCUT2D eigenvalue weighted by atomic mass is 10.1. The number of sulfonamides is 1. The molecule has 1 heterocycles. The fourth-order valence-electron chi connectivity index (χ4n) is 2.28. The van der Waals surface area contributed by atoms with E-state index in [1.165, 1.54) is 31.2 Å². The van der Waals surface area contributed by atoms with Gasteiger partial charge in [-0.1, -0.05) is 35.6 Å². The van der Waals surface area contributed by atoms with Crippen LogP contribution in [-0.2, 0) is 14.8 Å². The van der Waals surface area contributed by atoms with Crippen molar-refractivity contribution in [2.45, 2.75) is 18.7 Å². The first-order valence-corrected chi connectivity index (χ1v) is 9.95. The highest BCUT2D eigenvalue weighted by molar-refractivity contribution is 7.93. The zero-order valence-electron chi connectivity index (χ0n) is 14.1. The van der Waals surface area contributed by atoms with Crippen LogP contribution < -0.4 is 10.0 Å². The van der Waals surface area contributed by atoms with E-state index in [1.807, 2.05) is 31.2 Å². The Labute approximate surface area is 155 Å². The Hall–Kier alpha value is -2.78. The first kappa shape index (κ1) is 18.0. The summed E-state index contributed by atoms with van der Waals surface area (Å²) in [7, 11) is -3.79. The minimum Gasteiger partial charge on any atom is -0.326 e. The molecule has 0 saturated carbocycles. The fraction of sp³-hybridized carbons (Fsp3) is 0.118. The van der Waals surface area contributed by atoms with E-state index in [2.05, 4.69) is 20.2 Å². The molecular weight excluding hydrogens is 372 g/mol. The molecule has 1 aromatic heterocycles. The Morgan fingerprint density at radius 3 is 2.38 bits per heavy atom. The number of hydrogen-bond donors (Lipinski definition) is 2. The second kappa shape index (κ2) is 7.22. The normalized spacial score (nSPS) is 11.2. The molecule has 7 nitrogen and oxygen atoms in total. The maximum atomic E-state index is 12.5. The lowest BCUT2D eigenvalue weighted by Gasteiger charge is -2.06. The summed E-state index contributed by atoms with van der Waals surface area (Å²) in [6.07, 6.45) is 0. The molecule has 26 heavy (non-hydrogen) atoms. The number of anilines is 2. The van der Waals surface area contributed by atoms with Crippen molar-refractivity contribution < 1.29 is 13.2 Å². The third kappa shape index (κ3) is 4.06. The highest BCUT2D eigenvalue weighted by Crippen LogP contribution is 2.29. The molecule has 2 aromatic carbocycles. The Morgan fingerprint density at radius 1 is 1.04 bits per heavy atom. The number of benzene rings is 2. The second-order valence-electron chi connectivity index (χ2n) is 5.54. The molecule has 0 saturated heterocycles. The van der Waals surface area contributed by atoms with E-state index in [4.69, 9.17) is 0 Å². The van der Waals surface area contributed by atoms with Gasteiger partial charge in [-0.15, -0.1) is 10.2 Å². The van der Waals surface area contributed by atoms with Crippen molar-refractivity contribution in [3.05, 3.63) is 54.1 Å². The van der Waals surface area contributed by atoms with Crippen LogP contribution in [0.2, 0.25) is 0 Å². The minimum atomic E-state index is -3.79. The third-order valence-electron chi connectivity index (χ3n) is 3.51. The fourth-order valence-corrected chi connectivity index (χ4v) is 4.34. The van der Waals surface area contributed by atoms with Gasteiger partial charge in [0.15, 0.2) is 0 Å². The quantitative estimate of drug-likeness (QED) is 0.698. The summed E-state index contributed by atoms with van der Waals surface area (Å²) < 4.78 is 27.4. The Bertz CT molecular complexity index is 1040. The van der Waals surface area contributed by atoms with Crippen molar-refractivity contribution in [1.82, 2.24) is 10.2 Å². The van der Waals surface area contributed by atoms with Crippen LogP contribution >= 0.6 is 11.3 Å². The molecule has 0 aliphatic carbocycles. The van der Waals surface area contributed by atoms with Crippen LogP contribution in [0.15, 0.2) is 53.4 Å². The van der Waals surface area contributed by atoms with Crippen LogP contribution in [0.3, 0.4) is 0 Å². The van der Waals surface area contributed by atoms with Crippen molar-refractivity contribution in [3.8, 4) is 10.6 Å². The number of hydrogen-bond acceptors (Lipinski definition) is 6. The van der Waals surface area contributed by atoms with Gasteiger partial charge in [0.05, 0.1) is 4.90 Å². The predicted molar refractivity (Wildman–Crippen MR) is 102 cm³/mol. The lowest BCUT2D eigenvalue weighted by Crippen LogP contribution is -2.13. The largest absolute Gasteiger partial charge is 0.326 e. The van der Waals surface area contributed by atoms with Gasteiger partial charge >= 0.3 is 0 Å². The standard InChI is InChI=1S/C17H16N4O3S2/c1-11-5-3-4-6-15(11)16-19-20-17(25-16)21-26(23,24)14-9-7-13(8-10-14)18-12(2)22/h3-10H,1-2H3,(H,18,22)(H,20,21). The molecule has 0 radical (unpaired) electrons. The summed E-state index contributed by atoms with van der Waals surface area (Å²) in [4.78, 5) is 11.1. The van der Waals surface area contributed by atoms with Gasteiger partial charge in [-0.3, -0.25) is 9.52 Å². The predicted octanol–water partition coefficient (Wildman–Crippen LogP) is 3.27. The van der Waals surface area contributed by atoms with E-state index < -0.39 is 10.0 Å². The average molecular weight is 388 g/mol. The highest BCUT2D eigenvalue weighted by Gasteiger charge is 2.17. The molecule has 0 aliphatic rings. The zero-order chi connectivity index (χ0) is 18.7. The monoisotopic (exact) mass is 388 g/mol. The first-order valence-electron chi connectivity index (χ1n) is 7.65. The molecule has 3 rings (SSSR count). The Kier molecular flexibility index (Phi) is 5.01. The molecule has 0 fully saturated rings. The van der Waals surface area contributed by atoms with Crippen LogP contribution in [0, 0.1) is 6.92 Å². The number of aromatic nitrogens is 2. The van der Waals surface area contributed by atoms with Gasteiger partial charge < -0.3 is 5.32 Å². The van der Waals surface area contributed by atoms with Gasteiger partial charge in [0.25, 0.3) is 10.0 Å². The molecule has 0 unspecified atom stereocenters. The van der Waals surface area contributed by atoms with Crippen molar-refractivity contribution in [1.29, 1.82) is 0 Å². The maximum absolute atomic E-state index is 12.5. The van der Waals surface area contributed by atoms with Gasteiger partial charge in [0, 0.05) is 18.2 Å². The van der Waals surface area contributed by atoms with Gasteiger partial charge in [-0.25, -0.2) is 8.42 Å². The minimum absolute atomic E-state index is 0.0687. The summed E-state index contributed by atoms with van der Waals surface area (Å²) in [6.45, 7) is 3.34. The SMILES string of the molecule is CC(=O)Nc1ccc(S(=O)(=O)Nc2nnc(-c3ccccc3C)s2)cc1. The summed E-state index contributed by atoms with van der Waals surface area (Å²) >= 11 is 1.16. The molecule has 9 heteroatoms. The topological polar surface area (TPSA) is 101 Å².